The van der Waals surface area contributed by atoms with Crippen molar-refractivity contribution in [1.29, 1.82) is 0 Å². The third-order valence-electron chi connectivity index (χ3n) is 2.35. The molecule has 154 valence electrons. The number of hydrogen-bond donors (Lipinski definition) is 2. The highest BCUT2D eigenvalue weighted by atomic mass is 32.2. The number of alkyl carbamates (subject to hydrolysis) is 2. The number of rotatable bonds is 8. The fourth-order valence-electron chi connectivity index (χ4n) is 1.45. The smallest absolute Gasteiger partial charge is 0.407 e. The summed E-state index contributed by atoms with van der Waals surface area (Å²) in [5, 5.41) is 5.11. The maximum atomic E-state index is 11.7. The Hall–Kier alpha value is -1.39. The molecule has 2 N–H and O–H groups in total. The lowest BCUT2D eigenvalue weighted by atomic mass is 10.2. The zero-order valence-corrected chi connectivity index (χ0v) is 17.7. The molecule has 9 nitrogen and oxygen atoms in total. The Morgan fingerprint density at radius 1 is 0.808 bits per heavy atom. The van der Waals surface area contributed by atoms with Gasteiger partial charge in [-0.3, -0.25) is 8.37 Å². The predicted octanol–water partition coefficient (Wildman–Crippen LogP) is 2.42. The molecule has 1 unspecified atom stereocenters. The molecule has 0 spiro atoms. The lowest BCUT2D eigenvalue weighted by Gasteiger charge is -2.22. The van der Waals surface area contributed by atoms with Crippen LogP contribution in [0.1, 0.15) is 55.4 Å². The minimum absolute atomic E-state index is 0.0280. The zero-order valence-electron chi connectivity index (χ0n) is 16.8. The van der Waals surface area contributed by atoms with Crippen LogP contribution in [0, 0.1) is 0 Å². The molecule has 0 aliphatic carbocycles. The number of amides is 2. The normalized spacial score (nSPS) is 15.5. The van der Waals surface area contributed by atoms with Gasteiger partial charge in [0.15, 0.2) is 0 Å². The van der Waals surface area contributed by atoms with Gasteiger partial charge in [-0.25, -0.2) is 9.59 Å². The van der Waals surface area contributed by atoms with Gasteiger partial charge in [0.25, 0.3) is 0 Å². The van der Waals surface area contributed by atoms with Crippen LogP contribution in [0.5, 0.6) is 0 Å². The maximum absolute atomic E-state index is 11.7. The summed E-state index contributed by atoms with van der Waals surface area (Å²) in [6.07, 6.45) is -1.18. The van der Waals surface area contributed by atoms with Gasteiger partial charge in [0, 0.05) is 0 Å². The Morgan fingerprint density at radius 2 is 1.12 bits per heavy atom. The fourth-order valence-corrected chi connectivity index (χ4v) is 2.15. The second kappa shape index (κ2) is 10.7. The number of ether oxygens (including phenoxy) is 2. The molecular weight excluding hydrogens is 364 g/mol. The summed E-state index contributed by atoms with van der Waals surface area (Å²) >= 11 is -2.01. The number of nitrogens with one attached hydrogen (secondary N) is 2. The van der Waals surface area contributed by atoms with Gasteiger partial charge < -0.3 is 20.1 Å². The lowest BCUT2D eigenvalue weighted by Crippen LogP contribution is -2.40. The summed E-state index contributed by atoms with van der Waals surface area (Å²) in [5.74, 6) is 0. The molecule has 2 amide bonds. The third kappa shape index (κ3) is 14.9. The monoisotopic (exact) mass is 396 g/mol. The summed E-state index contributed by atoms with van der Waals surface area (Å²) in [4.78, 5) is 23.2. The van der Waals surface area contributed by atoms with Crippen molar-refractivity contribution in [3.63, 3.8) is 0 Å². The fraction of sp³-hybridized carbons (Fsp3) is 0.875. The quantitative estimate of drug-likeness (QED) is 0.648. The third-order valence-corrected chi connectivity index (χ3v) is 3.01. The number of carbonyl (C=O) groups excluding carboxylic acids is 2. The molecule has 0 heterocycles. The van der Waals surface area contributed by atoms with Gasteiger partial charge in [-0.05, 0) is 55.4 Å². The van der Waals surface area contributed by atoms with Crippen molar-refractivity contribution in [3.8, 4) is 0 Å². The highest BCUT2D eigenvalue weighted by Crippen LogP contribution is 2.08. The van der Waals surface area contributed by atoms with Crippen LogP contribution < -0.4 is 10.6 Å². The van der Waals surface area contributed by atoms with Gasteiger partial charge in [-0.15, -0.1) is 0 Å². The molecule has 0 radical (unpaired) electrons. The predicted molar refractivity (Wildman–Crippen MR) is 97.7 cm³/mol. The van der Waals surface area contributed by atoms with E-state index in [-0.39, 0.29) is 13.2 Å². The van der Waals surface area contributed by atoms with E-state index in [1.54, 1.807) is 55.4 Å². The van der Waals surface area contributed by atoms with E-state index in [0.717, 1.165) is 0 Å². The molecule has 0 saturated carbocycles. The van der Waals surface area contributed by atoms with Gasteiger partial charge in [0.05, 0.1) is 25.3 Å². The average Bonchev–Trinajstić information content (AvgIpc) is 2.38. The Morgan fingerprint density at radius 3 is 1.38 bits per heavy atom. The van der Waals surface area contributed by atoms with E-state index in [1.165, 1.54) is 0 Å². The van der Waals surface area contributed by atoms with Gasteiger partial charge in [-0.1, -0.05) is 0 Å². The molecule has 0 aliphatic heterocycles. The van der Waals surface area contributed by atoms with Gasteiger partial charge in [0.2, 0.25) is 0 Å². The lowest BCUT2D eigenvalue weighted by molar-refractivity contribution is 0.0489. The first-order valence-electron chi connectivity index (χ1n) is 8.35. The van der Waals surface area contributed by atoms with Crippen LogP contribution in [-0.4, -0.2) is 52.9 Å². The molecule has 3 atom stereocenters. The largest absolute Gasteiger partial charge is 0.444 e. The molecule has 0 aromatic heterocycles. The van der Waals surface area contributed by atoms with Crippen molar-refractivity contribution in [2.45, 2.75) is 78.7 Å². The minimum atomic E-state index is -2.01. The van der Waals surface area contributed by atoms with Crippen LogP contribution in [0.15, 0.2) is 0 Å². The average molecular weight is 397 g/mol. The second-order valence-corrected chi connectivity index (χ2v) is 8.75. The van der Waals surface area contributed by atoms with Crippen LogP contribution in [0.2, 0.25) is 0 Å². The summed E-state index contributed by atoms with van der Waals surface area (Å²) in [7, 11) is 0. The summed E-state index contributed by atoms with van der Waals surface area (Å²) < 4.78 is 31.9. The van der Waals surface area contributed by atoms with E-state index in [1.807, 2.05) is 0 Å². The first-order valence-corrected chi connectivity index (χ1v) is 9.35. The molecular formula is C16H32N2O7S. The first-order chi connectivity index (χ1) is 11.7. The van der Waals surface area contributed by atoms with Crippen molar-refractivity contribution < 1.29 is 31.6 Å². The van der Waals surface area contributed by atoms with Crippen LogP contribution in [-0.2, 0) is 29.2 Å². The van der Waals surface area contributed by atoms with E-state index in [2.05, 4.69) is 10.6 Å². The van der Waals surface area contributed by atoms with E-state index >= 15 is 0 Å². The molecule has 26 heavy (non-hydrogen) atoms. The zero-order chi connectivity index (χ0) is 20.5. The maximum Gasteiger partial charge on any atom is 0.407 e. The molecule has 0 aliphatic rings. The molecule has 0 bridgehead atoms. The molecule has 0 rings (SSSR count). The molecule has 0 fully saturated rings. The summed E-state index contributed by atoms with van der Waals surface area (Å²) in [6, 6.07) is -0.843. The number of carbonyl (C=O) groups is 2. The van der Waals surface area contributed by atoms with Crippen molar-refractivity contribution >= 4 is 23.5 Å². The van der Waals surface area contributed by atoms with Crippen molar-refractivity contribution in [2.24, 2.45) is 0 Å². The van der Waals surface area contributed by atoms with Crippen molar-refractivity contribution in [2.75, 3.05) is 13.2 Å². The second-order valence-electron chi connectivity index (χ2n) is 7.87. The molecule has 10 heteroatoms. The Kier molecular flexibility index (Phi) is 10.1. The summed E-state index contributed by atoms with van der Waals surface area (Å²) in [5.41, 5.74) is -1.21. The van der Waals surface area contributed by atoms with Crippen molar-refractivity contribution in [3.05, 3.63) is 0 Å². The van der Waals surface area contributed by atoms with Gasteiger partial charge in [0.1, 0.15) is 11.2 Å². The minimum Gasteiger partial charge on any atom is -0.444 e. The SMILES string of the molecule is C[C@H](COS(=O)OC[C@H](C)NC(=O)OC(C)(C)C)NC(=O)OC(C)(C)C. The highest BCUT2D eigenvalue weighted by Gasteiger charge is 2.20. The van der Waals surface area contributed by atoms with Crippen LogP contribution in [0.3, 0.4) is 0 Å². The summed E-state index contributed by atoms with van der Waals surface area (Å²) in [6.45, 7) is 13.8. The van der Waals surface area contributed by atoms with E-state index in [0.29, 0.717) is 0 Å². The van der Waals surface area contributed by atoms with E-state index in [4.69, 9.17) is 17.8 Å². The Labute approximate surface area is 158 Å². The molecule has 0 aromatic rings. The van der Waals surface area contributed by atoms with Gasteiger partial charge in [-0.2, -0.15) is 4.21 Å². The molecule has 0 aromatic carbocycles. The van der Waals surface area contributed by atoms with Crippen LogP contribution >= 0.6 is 0 Å². The van der Waals surface area contributed by atoms with Crippen LogP contribution in [0.25, 0.3) is 0 Å². The Balaban J connectivity index is 4.01. The van der Waals surface area contributed by atoms with Crippen molar-refractivity contribution in [1.82, 2.24) is 10.6 Å². The molecule has 0 saturated heterocycles. The highest BCUT2D eigenvalue weighted by molar-refractivity contribution is 7.75. The van der Waals surface area contributed by atoms with Crippen LogP contribution in [0.4, 0.5) is 9.59 Å². The topological polar surface area (TPSA) is 112 Å². The first kappa shape index (κ1) is 24.6. The van der Waals surface area contributed by atoms with E-state index in [9.17, 15) is 13.8 Å². The van der Waals surface area contributed by atoms with E-state index < -0.39 is 46.8 Å². The Bertz CT molecular complexity index is 444. The standard InChI is InChI=1S/C16H32N2O7S/c1-11(17-13(19)24-15(3,4)5)9-22-26(21)23-10-12(2)18-14(20)25-16(6,7)8/h11-12H,9-10H2,1-8H3,(H,17,19)(H,18,20)/t11-,12+,26?. The van der Waals surface area contributed by atoms with Gasteiger partial charge >= 0.3 is 23.5 Å². The number of hydrogen-bond acceptors (Lipinski definition) is 7.